The fourth-order valence-electron chi connectivity index (χ4n) is 6.38. The molecule has 0 radical (unpaired) electrons. The molecular formula is C34H32N2O. The van der Waals surface area contributed by atoms with Crippen LogP contribution in [0.5, 0.6) is 0 Å². The molecule has 3 heteroatoms. The summed E-state index contributed by atoms with van der Waals surface area (Å²) in [5, 5.41) is 14.6. The molecule has 0 bridgehead atoms. The molecule has 0 atom stereocenters. The summed E-state index contributed by atoms with van der Waals surface area (Å²) in [4.78, 5) is 0. The Morgan fingerprint density at radius 1 is 0.973 bits per heavy atom. The van der Waals surface area contributed by atoms with Gasteiger partial charge in [0.1, 0.15) is 12.3 Å². The zero-order valence-electron chi connectivity index (χ0n) is 21.8. The third-order valence-corrected chi connectivity index (χ3v) is 8.58. The van der Waals surface area contributed by atoms with E-state index in [0.717, 1.165) is 49.2 Å². The third-order valence-electron chi connectivity index (χ3n) is 8.58. The Morgan fingerprint density at radius 2 is 1.73 bits per heavy atom. The number of aromatic nitrogens is 1. The number of hydrogen-bond donors (Lipinski definition) is 0. The van der Waals surface area contributed by atoms with Crippen LogP contribution in [-0.4, -0.2) is 5.87 Å². The summed E-state index contributed by atoms with van der Waals surface area (Å²) >= 11 is 0. The highest BCUT2D eigenvalue weighted by Crippen LogP contribution is 2.42. The van der Waals surface area contributed by atoms with E-state index in [1.165, 1.54) is 31.2 Å². The van der Waals surface area contributed by atoms with Crippen LogP contribution < -0.4 is 9.46 Å². The molecule has 1 saturated carbocycles. The molecule has 0 unspecified atom stereocenters. The minimum atomic E-state index is 0.0769. The number of aryl methyl sites for hydroxylation is 1. The zero-order valence-corrected chi connectivity index (χ0v) is 21.8. The zero-order chi connectivity index (χ0) is 25.7. The SMILES string of the molecule is C=[n+]1ccc(C(C)(C)C2CCCC2)cc1=c1c(C)cc(=C=[N-])c2c1oc1c(-c3ccccc3)cccc12. The van der Waals surface area contributed by atoms with Crippen LogP contribution in [0.2, 0.25) is 0 Å². The van der Waals surface area contributed by atoms with Crippen molar-refractivity contribution in [2.24, 2.45) is 5.92 Å². The maximum absolute atomic E-state index is 10.1. The van der Waals surface area contributed by atoms with Gasteiger partial charge in [-0.3, -0.25) is 5.87 Å². The van der Waals surface area contributed by atoms with Crippen LogP contribution in [0.25, 0.3) is 38.5 Å². The molecule has 6 rings (SSSR count). The normalized spacial score (nSPS) is 15.4. The Balaban J connectivity index is 1.77. The predicted molar refractivity (Wildman–Crippen MR) is 151 cm³/mol. The Hall–Kier alpha value is -3.94. The first-order valence-corrected chi connectivity index (χ1v) is 13.2. The van der Waals surface area contributed by atoms with Gasteiger partial charge in [0, 0.05) is 33.7 Å². The van der Waals surface area contributed by atoms with Gasteiger partial charge >= 0.3 is 0 Å². The van der Waals surface area contributed by atoms with Gasteiger partial charge in [-0.25, -0.2) is 0 Å². The Bertz CT molecular complexity index is 1890. The average molecular weight is 485 g/mol. The molecule has 0 N–H and O–H groups in total. The van der Waals surface area contributed by atoms with Gasteiger partial charge in [-0.2, -0.15) is 4.24 Å². The molecule has 2 aromatic heterocycles. The Labute approximate surface area is 217 Å². The molecule has 37 heavy (non-hydrogen) atoms. The largest absolute Gasteiger partial charge is 0.763 e. The second-order valence-electron chi connectivity index (χ2n) is 11.1. The van der Waals surface area contributed by atoms with E-state index in [-0.39, 0.29) is 5.41 Å². The van der Waals surface area contributed by atoms with Gasteiger partial charge in [0.25, 0.3) is 0 Å². The maximum Gasteiger partial charge on any atom is 0.221 e. The van der Waals surface area contributed by atoms with Crippen LogP contribution >= 0.6 is 0 Å². The smallest absolute Gasteiger partial charge is 0.221 e. The van der Waals surface area contributed by atoms with Crippen LogP contribution in [-0.2, 0) is 5.41 Å². The fraction of sp³-hybridized carbons (Fsp3) is 0.265. The maximum atomic E-state index is 10.1. The number of rotatable bonds is 3. The number of benzene rings is 3. The summed E-state index contributed by atoms with van der Waals surface area (Å²) in [6.07, 6.45) is 7.28. The third kappa shape index (κ3) is 3.74. The van der Waals surface area contributed by atoms with Gasteiger partial charge in [0.2, 0.25) is 5.35 Å². The topological polar surface area (TPSA) is 41.3 Å². The van der Waals surface area contributed by atoms with Crippen molar-refractivity contribution in [1.82, 2.24) is 0 Å². The quantitative estimate of drug-likeness (QED) is 0.198. The number of nitrogens with zero attached hydrogens (tertiary/aromatic N) is 2. The molecule has 184 valence electrons. The minimum absolute atomic E-state index is 0.0769. The number of para-hydroxylation sites is 1. The van der Waals surface area contributed by atoms with Gasteiger partial charge in [0.05, 0.1) is 5.22 Å². The second kappa shape index (κ2) is 8.87. The number of hydrogen-bond acceptors (Lipinski definition) is 1. The van der Waals surface area contributed by atoms with Gasteiger partial charge in [-0.15, -0.1) is 0 Å². The van der Waals surface area contributed by atoms with Crippen molar-refractivity contribution in [3.05, 3.63) is 112 Å². The first-order valence-electron chi connectivity index (χ1n) is 13.2. The first kappa shape index (κ1) is 23.5. The van der Waals surface area contributed by atoms with Crippen LogP contribution in [0, 0.1) is 30.1 Å². The molecule has 1 aliphatic carbocycles. The molecular weight excluding hydrogens is 452 g/mol. The molecule has 3 nitrogen and oxygen atoms in total. The summed E-state index contributed by atoms with van der Waals surface area (Å²) in [5.41, 5.74) is 6.10. The molecule has 2 heterocycles. The fourth-order valence-corrected chi connectivity index (χ4v) is 6.38. The lowest BCUT2D eigenvalue weighted by Gasteiger charge is -2.31. The lowest BCUT2D eigenvalue weighted by Crippen LogP contribution is -2.28. The summed E-state index contributed by atoms with van der Waals surface area (Å²) < 4.78 is 8.67. The molecule has 1 fully saturated rings. The van der Waals surface area contributed by atoms with Crippen molar-refractivity contribution in [2.45, 2.75) is 51.9 Å². The van der Waals surface area contributed by atoms with Gasteiger partial charge in [-0.05, 0) is 53.9 Å². The number of pyridine rings is 1. The molecule has 0 saturated heterocycles. The van der Waals surface area contributed by atoms with Gasteiger partial charge in [-0.1, -0.05) is 75.2 Å². The second-order valence-corrected chi connectivity index (χ2v) is 11.1. The van der Waals surface area contributed by atoms with Crippen molar-refractivity contribution in [3.63, 3.8) is 0 Å². The van der Waals surface area contributed by atoms with Crippen LogP contribution in [0.4, 0.5) is 0 Å². The van der Waals surface area contributed by atoms with Crippen molar-refractivity contribution in [1.29, 1.82) is 0 Å². The van der Waals surface area contributed by atoms with E-state index >= 15 is 0 Å². The summed E-state index contributed by atoms with van der Waals surface area (Å²) in [6.45, 7) is 11.2. The lowest BCUT2D eigenvalue weighted by atomic mass is 9.73. The minimum Gasteiger partial charge on any atom is -0.763 e. The molecule has 3 aromatic carbocycles. The Morgan fingerprint density at radius 3 is 2.46 bits per heavy atom. The highest BCUT2D eigenvalue weighted by atomic mass is 16.3. The van der Waals surface area contributed by atoms with E-state index in [4.69, 9.17) is 4.42 Å². The van der Waals surface area contributed by atoms with Crippen molar-refractivity contribution < 1.29 is 8.66 Å². The summed E-state index contributed by atoms with van der Waals surface area (Å²) in [6, 6.07) is 23.0. The molecule has 0 spiro atoms. The van der Waals surface area contributed by atoms with Gasteiger partial charge < -0.3 is 9.83 Å². The van der Waals surface area contributed by atoms with E-state index in [9.17, 15) is 5.41 Å². The number of furan rings is 1. The molecule has 0 amide bonds. The highest BCUT2D eigenvalue weighted by molar-refractivity contribution is 6.10. The van der Waals surface area contributed by atoms with Crippen LogP contribution in [0.3, 0.4) is 0 Å². The van der Waals surface area contributed by atoms with Crippen molar-refractivity contribution in [2.75, 3.05) is 0 Å². The van der Waals surface area contributed by atoms with Crippen molar-refractivity contribution >= 4 is 27.8 Å². The van der Waals surface area contributed by atoms with Crippen molar-refractivity contribution in [3.8, 4) is 11.1 Å². The van der Waals surface area contributed by atoms with E-state index in [0.29, 0.717) is 11.1 Å². The summed E-state index contributed by atoms with van der Waals surface area (Å²) in [7, 11) is 0. The first-order chi connectivity index (χ1) is 17.9. The highest BCUT2D eigenvalue weighted by Gasteiger charge is 2.34. The van der Waals surface area contributed by atoms with Crippen LogP contribution in [0.15, 0.2) is 77.3 Å². The average Bonchev–Trinajstić information content (AvgIpc) is 3.58. The molecule has 1 aliphatic rings. The van der Waals surface area contributed by atoms with E-state index in [2.05, 4.69) is 76.0 Å². The summed E-state index contributed by atoms with van der Waals surface area (Å²) in [5.74, 6) is 3.11. The Kier molecular flexibility index (Phi) is 5.62. The standard InChI is InChI=1S/C34H32N2O/c1-22-19-24(21-35)31-28-16-10-15-27(23-11-6-5-7-12-23)32(28)37-33(31)30(22)29-20-26(17-18-36(29)4)34(2,3)25-13-8-9-14-25/h5-7,10-12,15-20,25H,4,8-9,13-14H2,1-3H3. The van der Waals surface area contributed by atoms with Crippen LogP contribution in [0.1, 0.15) is 50.7 Å². The van der Waals surface area contributed by atoms with Gasteiger partial charge in [0.15, 0.2) is 11.8 Å². The van der Waals surface area contributed by atoms with E-state index in [1.54, 1.807) is 0 Å². The molecule has 5 aromatic rings. The lowest BCUT2D eigenvalue weighted by molar-refractivity contribution is -0.510. The van der Waals surface area contributed by atoms with E-state index < -0.39 is 0 Å². The monoisotopic (exact) mass is 484 g/mol. The number of fused-ring (bicyclic) bond motifs is 3. The predicted octanol–water partition coefficient (Wildman–Crippen LogP) is 7.15. The molecule has 0 aliphatic heterocycles. The van der Waals surface area contributed by atoms with E-state index in [1.807, 2.05) is 34.6 Å².